The largest absolute Gasteiger partial charge is 0.405 e. The highest BCUT2D eigenvalue weighted by molar-refractivity contribution is 4.92. The molecule has 0 N–H and O–H groups in total. The van der Waals surface area contributed by atoms with Crippen LogP contribution in [0.15, 0.2) is 0 Å². The van der Waals surface area contributed by atoms with E-state index in [0.29, 0.717) is 11.8 Å². The number of hydrogen-bond donors (Lipinski definition) is 0. The van der Waals surface area contributed by atoms with Crippen molar-refractivity contribution < 1.29 is 13.2 Å². The normalized spacial score (nSPS) is 22.5. The van der Waals surface area contributed by atoms with Crippen molar-refractivity contribution in [3.8, 4) is 6.07 Å². The Morgan fingerprint density at radius 3 is 1.88 bits per heavy atom. The zero-order valence-corrected chi connectivity index (χ0v) is 9.71. The molecule has 0 heterocycles. The molecule has 1 atom stereocenters. The first-order valence-electron chi connectivity index (χ1n) is 6.17. The summed E-state index contributed by atoms with van der Waals surface area (Å²) in [4.78, 5) is 1.86. The van der Waals surface area contributed by atoms with Crippen molar-refractivity contribution in [2.75, 3.05) is 19.6 Å². The Morgan fingerprint density at radius 2 is 1.59 bits per heavy atom. The van der Waals surface area contributed by atoms with Gasteiger partial charge in [-0.05, 0) is 37.5 Å². The van der Waals surface area contributed by atoms with E-state index in [0.717, 1.165) is 38.8 Å². The molecule has 5 heteroatoms. The molecular weight excluding hydrogens is 229 g/mol. The molecule has 0 aromatic rings. The zero-order valence-electron chi connectivity index (χ0n) is 9.71. The predicted octanol–water partition coefficient (Wildman–Crippen LogP) is 2.81. The minimum absolute atomic E-state index is 0.146. The molecule has 0 spiro atoms. The van der Waals surface area contributed by atoms with Gasteiger partial charge in [-0.15, -0.1) is 0 Å². The number of nitrogens with zero attached hydrogens (tertiary/aromatic N) is 2. The fourth-order valence-corrected chi connectivity index (χ4v) is 2.03. The predicted molar refractivity (Wildman–Crippen MR) is 57.0 cm³/mol. The maximum atomic E-state index is 12.5. The van der Waals surface area contributed by atoms with Crippen LogP contribution in [-0.4, -0.2) is 30.7 Å². The summed E-state index contributed by atoms with van der Waals surface area (Å²) in [5.41, 5.74) is 0. The summed E-state index contributed by atoms with van der Waals surface area (Å²) in [5.74, 6) is -0.692. The third-order valence-corrected chi connectivity index (χ3v) is 3.42. The van der Waals surface area contributed by atoms with Crippen molar-refractivity contribution >= 4 is 0 Å². The fraction of sp³-hybridized carbons (Fsp3) is 0.917. The summed E-state index contributed by atoms with van der Waals surface area (Å²) in [6.45, 7) is 1.34. The van der Waals surface area contributed by atoms with E-state index in [1.54, 1.807) is 0 Å². The molecule has 2 aliphatic rings. The Kier molecular flexibility index (Phi) is 3.62. The lowest BCUT2D eigenvalue weighted by Gasteiger charge is -2.25. The third-order valence-electron chi connectivity index (χ3n) is 3.42. The van der Waals surface area contributed by atoms with E-state index in [9.17, 15) is 13.2 Å². The molecule has 2 fully saturated rings. The molecule has 2 aliphatic carbocycles. The first kappa shape index (κ1) is 12.7. The molecule has 0 aromatic carbocycles. The number of hydrogen-bond acceptors (Lipinski definition) is 2. The Balaban J connectivity index is 1.87. The van der Waals surface area contributed by atoms with Crippen molar-refractivity contribution in [2.24, 2.45) is 17.8 Å². The summed E-state index contributed by atoms with van der Waals surface area (Å²) in [6.07, 6.45) is 0.129. The van der Waals surface area contributed by atoms with Gasteiger partial charge in [0.15, 0.2) is 5.92 Å². The lowest BCUT2D eigenvalue weighted by Crippen LogP contribution is -2.38. The van der Waals surface area contributed by atoms with Crippen LogP contribution in [0.3, 0.4) is 0 Å². The maximum Gasteiger partial charge on any atom is 0.405 e. The van der Waals surface area contributed by atoms with Crippen LogP contribution >= 0.6 is 0 Å². The van der Waals surface area contributed by atoms with Crippen LogP contribution in [0.2, 0.25) is 0 Å². The quantitative estimate of drug-likeness (QED) is 0.720. The molecule has 2 saturated carbocycles. The molecule has 17 heavy (non-hydrogen) atoms. The molecule has 2 rings (SSSR count). The second-order valence-electron chi connectivity index (χ2n) is 5.33. The van der Waals surface area contributed by atoms with Crippen molar-refractivity contribution in [1.29, 1.82) is 5.26 Å². The standard InChI is InChI=1S/C12H17F3N2/c13-12(14,15)11(5-16)8-17(6-9-1-2-9)7-10-3-4-10/h9-11H,1-4,6-8H2. The Bertz CT molecular complexity index is 286. The van der Waals surface area contributed by atoms with Gasteiger partial charge in [-0.1, -0.05) is 0 Å². The van der Waals surface area contributed by atoms with E-state index in [-0.39, 0.29) is 6.54 Å². The maximum absolute atomic E-state index is 12.5. The molecule has 0 saturated heterocycles. The molecular formula is C12H17F3N2. The molecule has 1 unspecified atom stereocenters. The van der Waals surface area contributed by atoms with Gasteiger partial charge in [0.05, 0.1) is 6.07 Å². The average Bonchev–Trinajstić information content (AvgIpc) is 3.06. The topological polar surface area (TPSA) is 27.0 Å². The second kappa shape index (κ2) is 4.85. The van der Waals surface area contributed by atoms with Gasteiger partial charge in [-0.25, -0.2) is 0 Å². The summed E-state index contributed by atoms with van der Waals surface area (Å²) >= 11 is 0. The second-order valence-corrected chi connectivity index (χ2v) is 5.33. The Morgan fingerprint density at radius 1 is 1.12 bits per heavy atom. The zero-order chi connectivity index (χ0) is 12.5. The summed E-state index contributed by atoms with van der Waals surface area (Å²) < 4.78 is 37.6. The lowest BCUT2D eigenvalue weighted by atomic mass is 10.1. The molecule has 0 aromatic heterocycles. The molecule has 96 valence electrons. The van der Waals surface area contributed by atoms with Gasteiger partial charge in [0.25, 0.3) is 0 Å². The number of alkyl halides is 3. The van der Waals surface area contributed by atoms with E-state index in [1.807, 2.05) is 4.90 Å². The van der Waals surface area contributed by atoms with Gasteiger partial charge in [0.2, 0.25) is 0 Å². The first-order valence-corrected chi connectivity index (χ1v) is 6.17. The minimum Gasteiger partial charge on any atom is -0.301 e. The molecule has 0 amide bonds. The summed E-state index contributed by atoms with van der Waals surface area (Å²) in [5, 5.41) is 8.61. The monoisotopic (exact) mass is 246 g/mol. The van der Waals surface area contributed by atoms with Crippen LogP contribution in [0.4, 0.5) is 13.2 Å². The van der Waals surface area contributed by atoms with E-state index in [1.165, 1.54) is 6.07 Å². The smallest absolute Gasteiger partial charge is 0.301 e. The number of rotatable bonds is 6. The van der Waals surface area contributed by atoms with Gasteiger partial charge in [-0.3, -0.25) is 0 Å². The highest BCUT2D eigenvalue weighted by Crippen LogP contribution is 2.35. The van der Waals surface area contributed by atoms with E-state index < -0.39 is 12.1 Å². The third kappa shape index (κ3) is 4.19. The average molecular weight is 246 g/mol. The fourth-order valence-electron chi connectivity index (χ4n) is 2.03. The highest BCUT2D eigenvalue weighted by atomic mass is 19.4. The first-order chi connectivity index (χ1) is 7.99. The Hall–Kier alpha value is -0.760. The van der Waals surface area contributed by atoms with Gasteiger partial charge < -0.3 is 4.90 Å². The van der Waals surface area contributed by atoms with Gasteiger partial charge in [-0.2, -0.15) is 18.4 Å². The van der Waals surface area contributed by atoms with E-state index in [2.05, 4.69) is 0 Å². The van der Waals surface area contributed by atoms with Crippen molar-refractivity contribution in [1.82, 2.24) is 4.90 Å². The van der Waals surface area contributed by atoms with Crippen molar-refractivity contribution in [2.45, 2.75) is 31.9 Å². The van der Waals surface area contributed by atoms with Crippen LogP contribution in [0.25, 0.3) is 0 Å². The minimum atomic E-state index is -4.39. The van der Waals surface area contributed by atoms with Crippen LogP contribution in [-0.2, 0) is 0 Å². The number of nitriles is 1. The SMILES string of the molecule is N#CC(CN(CC1CC1)CC1CC1)C(F)(F)F. The highest BCUT2D eigenvalue weighted by Gasteiger charge is 2.42. The van der Waals surface area contributed by atoms with E-state index >= 15 is 0 Å². The molecule has 2 nitrogen and oxygen atoms in total. The van der Waals surface area contributed by atoms with Crippen LogP contribution in [0, 0.1) is 29.1 Å². The van der Waals surface area contributed by atoms with Crippen molar-refractivity contribution in [3.63, 3.8) is 0 Å². The van der Waals surface area contributed by atoms with Gasteiger partial charge >= 0.3 is 6.18 Å². The van der Waals surface area contributed by atoms with Gasteiger partial charge in [0, 0.05) is 19.6 Å². The summed E-state index contributed by atoms with van der Waals surface area (Å²) in [6, 6.07) is 1.39. The molecule has 0 bridgehead atoms. The Labute approximate surface area is 99.4 Å². The van der Waals surface area contributed by atoms with E-state index in [4.69, 9.17) is 5.26 Å². The van der Waals surface area contributed by atoms with Crippen LogP contribution < -0.4 is 0 Å². The number of halogens is 3. The van der Waals surface area contributed by atoms with Gasteiger partial charge in [0.1, 0.15) is 0 Å². The molecule has 0 aliphatic heterocycles. The summed E-state index contributed by atoms with van der Waals surface area (Å²) in [7, 11) is 0. The van der Waals surface area contributed by atoms with Crippen LogP contribution in [0.5, 0.6) is 0 Å². The van der Waals surface area contributed by atoms with Crippen molar-refractivity contribution in [3.05, 3.63) is 0 Å². The lowest BCUT2D eigenvalue weighted by molar-refractivity contribution is -0.163. The molecule has 0 radical (unpaired) electrons. The van der Waals surface area contributed by atoms with Crippen LogP contribution in [0.1, 0.15) is 25.7 Å².